The number of hydrogen-bond acceptors (Lipinski definition) is 3. The molecule has 1 N–H and O–H groups in total. The molecule has 0 bridgehead atoms. The van der Waals surface area contributed by atoms with Gasteiger partial charge < -0.3 is 5.32 Å². The molecule has 3 nitrogen and oxygen atoms in total. The first-order valence-corrected chi connectivity index (χ1v) is 9.57. The molecule has 0 aliphatic carbocycles. The monoisotopic (exact) mass is 362 g/mol. The third kappa shape index (κ3) is 4.73. The molecule has 4 heteroatoms. The van der Waals surface area contributed by atoms with Crippen molar-refractivity contribution in [2.24, 2.45) is 0 Å². The number of anilines is 1. The molecule has 0 spiro atoms. The van der Waals surface area contributed by atoms with Crippen molar-refractivity contribution in [1.82, 2.24) is 4.98 Å². The van der Waals surface area contributed by atoms with Crippen LogP contribution in [0, 0.1) is 6.92 Å². The van der Waals surface area contributed by atoms with Crippen LogP contribution in [0.4, 0.5) is 5.69 Å². The minimum absolute atomic E-state index is 0.119. The minimum Gasteiger partial charge on any atom is -0.320 e. The normalized spacial score (nSPS) is 10.5. The third-order valence-corrected chi connectivity index (χ3v) is 5.04. The maximum Gasteiger partial charge on any atom is 0.255 e. The van der Waals surface area contributed by atoms with Gasteiger partial charge in [-0.3, -0.25) is 4.79 Å². The van der Waals surface area contributed by atoms with Crippen LogP contribution in [0.15, 0.2) is 76.8 Å². The van der Waals surface area contributed by atoms with Gasteiger partial charge in [-0.15, -0.1) is 0 Å². The highest BCUT2D eigenvalue weighted by Crippen LogP contribution is 2.31. The predicted octanol–water partition coefficient (Wildman–Crippen LogP) is 5.75. The van der Waals surface area contributed by atoms with Gasteiger partial charge in [0.15, 0.2) is 0 Å². The second-order valence-electron chi connectivity index (χ2n) is 6.17. The number of nitrogens with one attached hydrogen (secondary N) is 1. The summed E-state index contributed by atoms with van der Waals surface area (Å²) in [4.78, 5) is 18.1. The lowest BCUT2D eigenvalue weighted by Gasteiger charge is -2.10. The van der Waals surface area contributed by atoms with Crippen molar-refractivity contribution in [3.63, 3.8) is 0 Å². The van der Waals surface area contributed by atoms with Crippen LogP contribution >= 0.6 is 11.8 Å². The summed E-state index contributed by atoms with van der Waals surface area (Å²) in [6, 6.07) is 19.8. The Morgan fingerprint density at radius 2 is 1.77 bits per heavy atom. The number of rotatable bonds is 6. The molecule has 0 saturated carbocycles. The molecular weight excluding hydrogens is 340 g/mol. The Labute approximate surface area is 158 Å². The van der Waals surface area contributed by atoms with Crippen LogP contribution in [0.3, 0.4) is 0 Å². The van der Waals surface area contributed by atoms with Gasteiger partial charge in [0, 0.05) is 16.7 Å². The summed E-state index contributed by atoms with van der Waals surface area (Å²) in [5.41, 5.74) is 3.84. The van der Waals surface area contributed by atoms with Crippen molar-refractivity contribution in [1.29, 1.82) is 0 Å². The second-order valence-corrected chi connectivity index (χ2v) is 7.23. The molecule has 0 fully saturated rings. The number of benzene rings is 2. The van der Waals surface area contributed by atoms with Crippen molar-refractivity contribution in [3.8, 4) is 0 Å². The molecule has 1 aromatic heterocycles. The van der Waals surface area contributed by atoms with Crippen molar-refractivity contribution < 1.29 is 4.79 Å². The molecule has 26 heavy (non-hydrogen) atoms. The number of pyridine rings is 1. The van der Waals surface area contributed by atoms with Crippen LogP contribution < -0.4 is 5.32 Å². The minimum atomic E-state index is -0.119. The summed E-state index contributed by atoms with van der Waals surface area (Å²) in [5, 5.41) is 3.77. The Morgan fingerprint density at radius 1 is 1.04 bits per heavy atom. The van der Waals surface area contributed by atoms with E-state index in [4.69, 9.17) is 0 Å². The Balaban J connectivity index is 1.75. The molecule has 3 rings (SSSR count). The highest BCUT2D eigenvalue weighted by molar-refractivity contribution is 7.99. The van der Waals surface area contributed by atoms with Gasteiger partial charge >= 0.3 is 0 Å². The van der Waals surface area contributed by atoms with Crippen molar-refractivity contribution in [3.05, 3.63) is 83.6 Å². The summed E-state index contributed by atoms with van der Waals surface area (Å²) < 4.78 is 0. The zero-order valence-electron chi connectivity index (χ0n) is 15.0. The molecule has 0 aliphatic rings. The van der Waals surface area contributed by atoms with Crippen molar-refractivity contribution >= 4 is 23.4 Å². The number of hydrogen-bond donors (Lipinski definition) is 1. The Hall–Kier alpha value is -2.59. The molecule has 0 radical (unpaired) electrons. The van der Waals surface area contributed by atoms with E-state index in [1.165, 1.54) is 11.1 Å². The number of carbonyl (C=O) groups excluding carboxylic acids is 1. The molecule has 0 unspecified atom stereocenters. The maximum atomic E-state index is 12.6. The van der Waals surface area contributed by atoms with Gasteiger partial charge in [-0.05, 0) is 55.3 Å². The number of amides is 1. The summed E-state index contributed by atoms with van der Waals surface area (Å²) in [6.07, 6.45) is 3.87. The first kappa shape index (κ1) is 18.2. The first-order valence-electron chi connectivity index (χ1n) is 8.75. The number of nitrogens with zero attached hydrogens (tertiary/aromatic N) is 1. The van der Waals surface area contributed by atoms with Crippen molar-refractivity contribution in [2.75, 3.05) is 5.32 Å². The van der Waals surface area contributed by atoms with E-state index >= 15 is 0 Å². The van der Waals surface area contributed by atoms with Crippen LogP contribution in [-0.2, 0) is 6.42 Å². The standard InChI is InChI=1S/C22H22N2OS/c1-3-5-17-9-11-18(12-10-17)21(25)24-20-6-4-15-23-22(20)26-19-13-7-16(2)8-14-19/h4,6-15H,3,5H2,1-2H3,(H,24,25). The number of aromatic nitrogens is 1. The highest BCUT2D eigenvalue weighted by Gasteiger charge is 2.11. The van der Waals surface area contributed by atoms with Crippen LogP contribution in [0.1, 0.15) is 34.8 Å². The summed E-state index contributed by atoms with van der Waals surface area (Å²) >= 11 is 1.54. The van der Waals surface area contributed by atoms with E-state index in [9.17, 15) is 4.79 Å². The third-order valence-electron chi connectivity index (χ3n) is 4.01. The quantitative estimate of drug-likeness (QED) is 0.607. The Morgan fingerprint density at radius 3 is 2.46 bits per heavy atom. The van der Waals surface area contributed by atoms with Crippen LogP contribution in [0.5, 0.6) is 0 Å². The molecule has 1 heterocycles. The maximum absolute atomic E-state index is 12.6. The Kier molecular flexibility index (Phi) is 6.08. The highest BCUT2D eigenvalue weighted by atomic mass is 32.2. The van der Waals surface area contributed by atoms with E-state index in [2.05, 4.69) is 48.4 Å². The molecular formula is C22H22N2OS. The van der Waals surface area contributed by atoms with Crippen LogP contribution in [0.25, 0.3) is 0 Å². The van der Waals surface area contributed by atoms with E-state index in [1.807, 2.05) is 36.4 Å². The van der Waals surface area contributed by atoms with E-state index in [0.717, 1.165) is 28.5 Å². The molecule has 0 atom stereocenters. The van der Waals surface area contributed by atoms with E-state index in [-0.39, 0.29) is 5.91 Å². The van der Waals surface area contributed by atoms with Gasteiger partial charge in [0.1, 0.15) is 5.03 Å². The molecule has 0 saturated heterocycles. The smallest absolute Gasteiger partial charge is 0.255 e. The van der Waals surface area contributed by atoms with Crippen LogP contribution in [0.2, 0.25) is 0 Å². The molecule has 0 aliphatic heterocycles. The van der Waals surface area contributed by atoms with E-state index < -0.39 is 0 Å². The predicted molar refractivity (Wildman–Crippen MR) is 108 cm³/mol. The van der Waals surface area contributed by atoms with Gasteiger partial charge in [0.05, 0.1) is 5.69 Å². The lowest BCUT2D eigenvalue weighted by atomic mass is 10.1. The van der Waals surface area contributed by atoms with Crippen molar-refractivity contribution in [2.45, 2.75) is 36.6 Å². The number of aryl methyl sites for hydroxylation is 2. The molecule has 3 aromatic rings. The first-order chi connectivity index (χ1) is 12.7. The van der Waals surface area contributed by atoms with E-state index in [1.54, 1.807) is 18.0 Å². The van der Waals surface area contributed by atoms with Gasteiger partial charge in [-0.2, -0.15) is 0 Å². The molecule has 2 aromatic carbocycles. The van der Waals surface area contributed by atoms with Crippen LogP contribution in [-0.4, -0.2) is 10.9 Å². The fourth-order valence-corrected chi connectivity index (χ4v) is 3.43. The zero-order valence-corrected chi connectivity index (χ0v) is 15.8. The largest absolute Gasteiger partial charge is 0.320 e. The van der Waals surface area contributed by atoms with Gasteiger partial charge in [0.25, 0.3) is 5.91 Å². The average Bonchev–Trinajstić information content (AvgIpc) is 2.66. The van der Waals surface area contributed by atoms with Gasteiger partial charge in [-0.25, -0.2) is 4.98 Å². The fraction of sp³-hybridized carbons (Fsp3) is 0.182. The summed E-state index contributed by atoms with van der Waals surface area (Å²) in [7, 11) is 0. The summed E-state index contributed by atoms with van der Waals surface area (Å²) in [5.74, 6) is -0.119. The van der Waals surface area contributed by atoms with E-state index in [0.29, 0.717) is 5.56 Å². The average molecular weight is 362 g/mol. The van der Waals surface area contributed by atoms with Gasteiger partial charge in [0.2, 0.25) is 0 Å². The summed E-state index contributed by atoms with van der Waals surface area (Å²) in [6.45, 7) is 4.21. The lowest BCUT2D eigenvalue weighted by molar-refractivity contribution is 0.102. The zero-order chi connectivity index (χ0) is 18.4. The fourth-order valence-electron chi connectivity index (χ4n) is 2.59. The number of carbonyl (C=O) groups is 1. The molecule has 132 valence electrons. The second kappa shape index (κ2) is 8.68. The topological polar surface area (TPSA) is 42.0 Å². The SMILES string of the molecule is CCCc1ccc(C(=O)Nc2cccnc2Sc2ccc(C)cc2)cc1. The Bertz CT molecular complexity index is 873. The molecule has 1 amide bonds. The van der Waals surface area contributed by atoms with Gasteiger partial charge in [-0.1, -0.05) is 54.9 Å². The lowest BCUT2D eigenvalue weighted by Crippen LogP contribution is -2.12.